The molecule has 0 saturated heterocycles. The average Bonchev–Trinajstić information content (AvgIpc) is 2.62. The number of halogens is 1. The largest absolute Gasteiger partial charge is 0.393 e. The molecule has 4 nitrogen and oxygen atoms in total. The molecule has 5 heteroatoms. The minimum Gasteiger partial charge on any atom is -0.393 e. The molecular weight excluding hydrogens is 250 g/mol. The van der Waals surface area contributed by atoms with Crippen molar-refractivity contribution in [2.45, 2.75) is 26.8 Å². The normalized spacial score (nSPS) is 10.8. The van der Waals surface area contributed by atoms with Gasteiger partial charge in [0.25, 0.3) is 5.56 Å². The predicted octanol–water partition coefficient (Wildman–Crippen LogP) is 2.46. The second kappa shape index (κ2) is 4.90. The fourth-order valence-electron chi connectivity index (χ4n) is 2.15. The van der Waals surface area contributed by atoms with Gasteiger partial charge in [-0.1, -0.05) is 18.5 Å². The van der Waals surface area contributed by atoms with Crippen molar-refractivity contribution >= 4 is 17.3 Å². The van der Waals surface area contributed by atoms with Crippen molar-refractivity contribution in [1.82, 2.24) is 9.36 Å². The molecule has 2 N–H and O–H groups in total. The second-order valence-electron chi connectivity index (χ2n) is 4.02. The maximum Gasteiger partial charge on any atom is 0.294 e. The van der Waals surface area contributed by atoms with E-state index in [0.717, 1.165) is 17.8 Å². The standard InChI is InChI=1S/C13H16ClN3O/c1-3-11-12(15)13(18)17(16(11)4-2)10-7-5-9(14)6-8-10/h5-8H,3-4,15H2,1-2H3. The van der Waals surface area contributed by atoms with Crippen molar-refractivity contribution in [2.75, 3.05) is 5.73 Å². The summed E-state index contributed by atoms with van der Waals surface area (Å²) in [5.41, 5.74) is 7.68. The fourth-order valence-corrected chi connectivity index (χ4v) is 2.28. The number of nitrogen functional groups attached to an aromatic ring is 1. The summed E-state index contributed by atoms with van der Waals surface area (Å²) < 4.78 is 3.51. The molecular formula is C13H16ClN3O. The van der Waals surface area contributed by atoms with Crippen LogP contribution >= 0.6 is 11.6 Å². The molecule has 18 heavy (non-hydrogen) atoms. The number of nitrogens with two attached hydrogens (primary N) is 1. The van der Waals surface area contributed by atoms with Crippen LogP contribution in [0.15, 0.2) is 29.1 Å². The van der Waals surface area contributed by atoms with Crippen LogP contribution in [-0.2, 0) is 13.0 Å². The molecule has 0 atom stereocenters. The zero-order valence-corrected chi connectivity index (χ0v) is 11.2. The Morgan fingerprint density at radius 2 is 1.83 bits per heavy atom. The van der Waals surface area contributed by atoms with Crippen LogP contribution in [0.25, 0.3) is 5.69 Å². The summed E-state index contributed by atoms with van der Waals surface area (Å²) in [5, 5.41) is 0.644. The summed E-state index contributed by atoms with van der Waals surface area (Å²) in [6, 6.07) is 7.15. The molecule has 1 aromatic heterocycles. The van der Waals surface area contributed by atoms with Gasteiger partial charge in [-0.3, -0.25) is 9.48 Å². The first-order valence-electron chi connectivity index (χ1n) is 5.96. The zero-order valence-electron chi connectivity index (χ0n) is 10.5. The lowest BCUT2D eigenvalue weighted by Crippen LogP contribution is -2.21. The Hall–Kier alpha value is -1.68. The lowest BCUT2D eigenvalue weighted by molar-refractivity contribution is 0.551. The predicted molar refractivity (Wildman–Crippen MR) is 74.5 cm³/mol. The maximum atomic E-state index is 12.2. The van der Waals surface area contributed by atoms with Gasteiger partial charge in [-0.2, -0.15) is 0 Å². The van der Waals surface area contributed by atoms with Gasteiger partial charge in [0.2, 0.25) is 0 Å². The first kappa shape index (κ1) is 12.8. The number of aromatic nitrogens is 2. The van der Waals surface area contributed by atoms with Gasteiger partial charge in [0, 0.05) is 11.6 Å². The van der Waals surface area contributed by atoms with E-state index in [2.05, 4.69) is 0 Å². The highest BCUT2D eigenvalue weighted by Gasteiger charge is 2.16. The van der Waals surface area contributed by atoms with Gasteiger partial charge in [0.1, 0.15) is 5.69 Å². The highest BCUT2D eigenvalue weighted by atomic mass is 35.5. The Morgan fingerprint density at radius 1 is 1.22 bits per heavy atom. The van der Waals surface area contributed by atoms with Gasteiger partial charge in [-0.05, 0) is 37.6 Å². The monoisotopic (exact) mass is 265 g/mol. The Kier molecular flexibility index (Phi) is 3.48. The number of rotatable bonds is 3. The van der Waals surface area contributed by atoms with Crippen LogP contribution in [-0.4, -0.2) is 9.36 Å². The van der Waals surface area contributed by atoms with Crippen molar-refractivity contribution in [2.24, 2.45) is 0 Å². The molecule has 0 radical (unpaired) electrons. The molecule has 1 aromatic carbocycles. The molecule has 0 fully saturated rings. The van der Waals surface area contributed by atoms with Crippen molar-refractivity contribution in [3.05, 3.63) is 45.3 Å². The third-order valence-corrected chi connectivity index (χ3v) is 3.24. The molecule has 0 unspecified atom stereocenters. The molecule has 0 aliphatic carbocycles. The molecule has 0 amide bonds. The smallest absolute Gasteiger partial charge is 0.294 e. The van der Waals surface area contributed by atoms with Crippen molar-refractivity contribution in [3.63, 3.8) is 0 Å². The first-order chi connectivity index (χ1) is 8.60. The number of benzene rings is 1. The topological polar surface area (TPSA) is 53.0 Å². The Bertz CT molecular complexity index is 610. The van der Waals surface area contributed by atoms with Gasteiger partial charge in [0.15, 0.2) is 0 Å². The molecule has 0 bridgehead atoms. The molecule has 2 aromatic rings. The Morgan fingerprint density at radius 3 is 2.33 bits per heavy atom. The van der Waals surface area contributed by atoms with Crippen LogP contribution in [0.5, 0.6) is 0 Å². The van der Waals surface area contributed by atoms with E-state index in [1.165, 1.54) is 0 Å². The molecule has 0 saturated carbocycles. The molecule has 0 spiro atoms. The van der Waals surface area contributed by atoms with E-state index in [0.29, 0.717) is 17.3 Å². The highest BCUT2D eigenvalue weighted by Crippen LogP contribution is 2.16. The Labute approximate surface area is 111 Å². The summed E-state index contributed by atoms with van der Waals surface area (Å²) in [6.07, 6.45) is 0.732. The van der Waals surface area contributed by atoms with Crippen LogP contribution in [0.1, 0.15) is 19.5 Å². The maximum absolute atomic E-state index is 12.2. The van der Waals surface area contributed by atoms with Crippen LogP contribution in [0.4, 0.5) is 5.69 Å². The van der Waals surface area contributed by atoms with E-state index < -0.39 is 0 Å². The summed E-state index contributed by atoms with van der Waals surface area (Å²) in [6.45, 7) is 4.67. The summed E-state index contributed by atoms with van der Waals surface area (Å²) in [5.74, 6) is 0. The van der Waals surface area contributed by atoms with Gasteiger partial charge in [0.05, 0.1) is 11.4 Å². The Balaban J connectivity index is 2.71. The van der Waals surface area contributed by atoms with Crippen molar-refractivity contribution < 1.29 is 0 Å². The SMILES string of the molecule is CCc1c(N)c(=O)n(-c2ccc(Cl)cc2)n1CC. The third kappa shape index (κ3) is 1.93. The zero-order chi connectivity index (χ0) is 13.3. The lowest BCUT2D eigenvalue weighted by Gasteiger charge is -2.12. The number of hydrogen-bond donors (Lipinski definition) is 1. The van der Waals surface area contributed by atoms with Crippen LogP contribution in [0, 0.1) is 0 Å². The van der Waals surface area contributed by atoms with Crippen LogP contribution in [0.2, 0.25) is 5.02 Å². The second-order valence-corrected chi connectivity index (χ2v) is 4.46. The third-order valence-electron chi connectivity index (χ3n) is 2.99. The van der Waals surface area contributed by atoms with Gasteiger partial charge in [-0.25, -0.2) is 4.68 Å². The van der Waals surface area contributed by atoms with Crippen molar-refractivity contribution in [3.8, 4) is 5.69 Å². The quantitative estimate of drug-likeness (QED) is 0.927. The summed E-state index contributed by atoms with van der Waals surface area (Å²) in [7, 11) is 0. The average molecular weight is 266 g/mol. The fraction of sp³-hybridized carbons (Fsp3) is 0.308. The molecule has 0 aliphatic rings. The molecule has 1 heterocycles. The summed E-state index contributed by atoms with van der Waals surface area (Å²) >= 11 is 5.86. The minimum absolute atomic E-state index is 0.170. The first-order valence-corrected chi connectivity index (χ1v) is 6.34. The number of hydrogen-bond acceptors (Lipinski definition) is 2. The molecule has 96 valence electrons. The van der Waals surface area contributed by atoms with E-state index in [-0.39, 0.29) is 5.56 Å². The van der Waals surface area contributed by atoms with E-state index in [9.17, 15) is 4.79 Å². The van der Waals surface area contributed by atoms with Crippen LogP contribution in [0.3, 0.4) is 0 Å². The lowest BCUT2D eigenvalue weighted by atomic mass is 10.3. The van der Waals surface area contributed by atoms with Crippen LogP contribution < -0.4 is 11.3 Å². The van der Waals surface area contributed by atoms with Gasteiger partial charge in [-0.15, -0.1) is 0 Å². The highest BCUT2D eigenvalue weighted by molar-refractivity contribution is 6.30. The van der Waals surface area contributed by atoms with Gasteiger partial charge < -0.3 is 5.73 Å². The van der Waals surface area contributed by atoms with Gasteiger partial charge >= 0.3 is 0 Å². The van der Waals surface area contributed by atoms with Crippen molar-refractivity contribution in [1.29, 1.82) is 0 Å². The van der Waals surface area contributed by atoms with E-state index in [1.54, 1.807) is 16.8 Å². The number of anilines is 1. The number of nitrogens with zero attached hydrogens (tertiary/aromatic N) is 2. The molecule has 2 rings (SSSR count). The van der Waals surface area contributed by atoms with E-state index >= 15 is 0 Å². The van der Waals surface area contributed by atoms with E-state index in [4.69, 9.17) is 17.3 Å². The van der Waals surface area contributed by atoms with E-state index in [1.807, 2.05) is 30.7 Å². The minimum atomic E-state index is -0.170. The molecule has 0 aliphatic heterocycles. The summed E-state index contributed by atoms with van der Waals surface area (Å²) in [4.78, 5) is 12.2.